The molecule has 1 aromatic heterocycles. The highest BCUT2D eigenvalue weighted by Crippen LogP contribution is 2.62. The van der Waals surface area contributed by atoms with Crippen LogP contribution in [0.25, 0.3) is 0 Å². The number of pyridine rings is 1. The summed E-state index contributed by atoms with van der Waals surface area (Å²) in [6.45, 7) is 0.0725. The number of carbonyl (C=O) groups excluding carboxylic acids is 2. The molecule has 0 spiro atoms. The molecule has 12 nitrogen and oxygen atoms in total. The lowest BCUT2D eigenvalue weighted by atomic mass is 9.90. The number of benzene rings is 1. The normalized spacial score (nSPS) is 18.0. The zero-order valence-corrected chi connectivity index (χ0v) is 31.4. The van der Waals surface area contributed by atoms with E-state index in [1.807, 2.05) is 10.0 Å². The van der Waals surface area contributed by atoms with Crippen LogP contribution in [-0.2, 0) is 29.1 Å². The number of rotatable bonds is 18. The van der Waals surface area contributed by atoms with E-state index >= 15 is 8.78 Å². The van der Waals surface area contributed by atoms with E-state index in [0.717, 1.165) is 6.20 Å². The molecule has 60 heavy (non-hydrogen) atoms. The van der Waals surface area contributed by atoms with Gasteiger partial charge < -0.3 is 25.4 Å². The molecule has 3 rings (SSSR count). The number of amides is 2. The summed E-state index contributed by atoms with van der Waals surface area (Å²) in [5.41, 5.74) is 1.15. The Labute approximate surface area is 328 Å². The number of halogens is 15. The molecule has 0 unspecified atom stereocenters. The summed E-state index contributed by atoms with van der Waals surface area (Å²) in [5, 5.41) is 13.9. The Balaban J connectivity index is 1.83. The van der Waals surface area contributed by atoms with Crippen molar-refractivity contribution in [1.82, 2.24) is 19.9 Å². The SMILES string of the molecule is Cc1cc(C)c(S(=O)(=O)N[C@@H](CNC(=O)CO[C@@H]2C[C@@H](CNc3ccccn3)N(C(=O)C(F)(F)C(F)(F)C(F)(F)C(F)(F)C(F)(F)C(F)(F)C(F)(F)F)C2)C(=O)O)c(C)c1. The van der Waals surface area contributed by atoms with Crippen molar-refractivity contribution in [3.8, 4) is 0 Å². The number of nitrogens with zero attached hydrogens (tertiary/aromatic N) is 2. The molecule has 3 atom stereocenters. The van der Waals surface area contributed by atoms with Gasteiger partial charge in [0.25, 0.3) is 5.91 Å². The number of hydrogen-bond acceptors (Lipinski definition) is 8. The molecule has 2 heterocycles. The van der Waals surface area contributed by atoms with Crippen LogP contribution in [-0.4, -0.2) is 127 Å². The molecule has 0 radical (unpaired) electrons. The van der Waals surface area contributed by atoms with Gasteiger partial charge in [0.05, 0.1) is 17.0 Å². The standard InChI is InChI=1S/C32H32F15N5O7S/c1-15-8-16(2)23(17(3)9-15)60(57,58)51-20(24(54)55)12-50-22(53)14-59-19-10-18(11-49-21-6-4-5-7-48-21)52(13-19)25(56)26(33,34)27(35,36)28(37,38)29(39,40)30(41,42)31(43,44)32(45,46)47/h4-9,18-20,51H,10-14H2,1-3H3,(H,48,49)(H,50,53)(H,54,55)/t18-,19+,20-/m0/s1. The molecule has 338 valence electrons. The molecule has 4 N–H and O–H groups in total. The van der Waals surface area contributed by atoms with Crippen LogP contribution in [0.3, 0.4) is 0 Å². The van der Waals surface area contributed by atoms with Gasteiger partial charge in [-0.2, -0.15) is 70.6 Å². The van der Waals surface area contributed by atoms with Gasteiger partial charge in [0.15, 0.2) is 0 Å². The van der Waals surface area contributed by atoms with Gasteiger partial charge in [-0.25, -0.2) is 13.4 Å². The first-order chi connectivity index (χ1) is 27.1. The smallest absolute Gasteiger partial charge is 0.460 e. The molecular weight excluding hydrogens is 883 g/mol. The molecule has 1 aliphatic heterocycles. The minimum Gasteiger partial charge on any atom is -0.480 e. The van der Waals surface area contributed by atoms with E-state index in [1.165, 1.54) is 44.2 Å². The van der Waals surface area contributed by atoms with Gasteiger partial charge in [-0.05, 0) is 50.5 Å². The third-order valence-electron chi connectivity index (χ3n) is 8.84. The summed E-state index contributed by atoms with van der Waals surface area (Å²) in [6, 6.07) is 2.89. The highest BCUT2D eigenvalue weighted by atomic mass is 32.2. The van der Waals surface area contributed by atoms with Gasteiger partial charge in [0.2, 0.25) is 15.9 Å². The fourth-order valence-electron chi connectivity index (χ4n) is 5.88. The quantitative estimate of drug-likeness (QED) is 0.145. The van der Waals surface area contributed by atoms with Crippen molar-refractivity contribution in [3.63, 3.8) is 0 Å². The maximum atomic E-state index is 15.1. The third-order valence-corrected chi connectivity index (χ3v) is 10.6. The summed E-state index contributed by atoms with van der Waals surface area (Å²) < 4.78 is 241. The van der Waals surface area contributed by atoms with Gasteiger partial charge in [-0.1, -0.05) is 23.8 Å². The number of carboxylic acids is 1. The minimum atomic E-state index is -8.62. The number of aromatic nitrogens is 1. The number of carboxylic acid groups (broad SMARTS) is 1. The highest BCUT2D eigenvalue weighted by molar-refractivity contribution is 7.89. The Hall–Kier alpha value is -4.60. The zero-order chi connectivity index (χ0) is 46.2. The Morgan fingerprint density at radius 2 is 1.38 bits per heavy atom. The number of aliphatic carboxylic acids is 1. The van der Waals surface area contributed by atoms with Gasteiger partial charge in [0, 0.05) is 25.8 Å². The Kier molecular flexibility index (Phi) is 14.1. The number of carbonyl (C=O) groups is 3. The predicted molar refractivity (Wildman–Crippen MR) is 174 cm³/mol. The lowest BCUT2D eigenvalue weighted by Gasteiger charge is -2.41. The summed E-state index contributed by atoms with van der Waals surface area (Å²) in [5.74, 6) is -56.0. The monoisotopic (exact) mass is 915 g/mol. The number of ether oxygens (including phenoxy) is 1. The summed E-state index contributed by atoms with van der Waals surface area (Å²) in [6.07, 6.45) is -9.23. The van der Waals surface area contributed by atoms with Gasteiger partial charge in [0.1, 0.15) is 18.5 Å². The Morgan fingerprint density at radius 3 is 1.88 bits per heavy atom. The number of likely N-dealkylation sites (tertiary alicyclic amines) is 1. The van der Waals surface area contributed by atoms with E-state index in [0.29, 0.717) is 5.56 Å². The molecule has 1 aromatic carbocycles. The predicted octanol–water partition coefficient (Wildman–Crippen LogP) is 5.33. The first kappa shape index (κ1) is 49.8. The molecule has 0 aliphatic carbocycles. The van der Waals surface area contributed by atoms with Gasteiger partial charge >= 0.3 is 47.7 Å². The molecule has 0 bridgehead atoms. The average molecular weight is 916 g/mol. The van der Waals surface area contributed by atoms with Crippen LogP contribution in [0.1, 0.15) is 23.1 Å². The van der Waals surface area contributed by atoms with Crippen LogP contribution in [0.15, 0.2) is 41.4 Å². The number of hydrogen-bond donors (Lipinski definition) is 4. The van der Waals surface area contributed by atoms with Gasteiger partial charge in [-0.15, -0.1) is 0 Å². The van der Waals surface area contributed by atoms with E-state index in [1.54, 1.807) is 6.92 Å². The molecule has 28 heteroatoms. The maximum Gasteiger partial charge on any atom is 0.460 e. The van der Waals surface area contributed by atoms with Crippen molar-refractivity contribution in [1.29, 1.82) is 0 Å². The number of alkyl halides is 15. The Bertz CT molecular complexity index is 2000. The molecule has 0 saturated carbocycles. The number of nitrogens with one attached hydrogen (secondary N) is 3. The third kappa shape index (κ3) is 9.32. The first-order valence-corrected chi connectivity index (χ1v) is 18.1. The van der Waals surface area contributed by atoms with E-state index in [-0.39, 0.29) is 21.8 Å². The maximum absolute atomic E-state index is 15.1. The van der Waals surface area contributed by atoms with Crippen molar-refractivity contribution in [2.24, 2.45) is 0 Å². The van der Waals surface area contributed by atoms with Crippen LogP contribution < -0.4 is 15.4 Å². The van der Waals surface area contributed by atoms with E-state index < -0.39 is 125 Å². The van der Waals surface area contributed by atoms with Gasteiger partial charge in [-0.3, -0.25) is 14.4 Å². The number of aryl methyl sites for hydroxylation is 3. The second-order valence-electron chi connectivity index (χ2n) is 13.4. The first-order valence-electron chi connectivity index (χ1n) is 16.6. The highest BCUT2D eigenvalue weighted by Gasteiger charge is 2.94. The van der Waals surface area contributed by atoms with Crippen LogP contribution >= 0.6 is 0 Å². The summed E-state index contributed by atoms with van der Waals surface area (Å²) >= 11 is 0. The van der Waals surface area contributed by atoms with Crippen LogP contribution in [0.2, 0.25) is 0 Å². The molecule has 1 aliphatic rings. The molecule has 2 amide bonds. The van der Waals surface area contributed by atoms with Crippen LogP contribution in [0.4, 0.5) is 71.7 Å². The number of sulfonamides is 1. The summed E-state index contributed by atoms with van der Waals surface area (Å²) in [4.78, 5) is 40.3. The molecule has 1 fully saturated rings. The largest absolute Gasteiger partial charge is 0.480 e. The van der Waals surface area contributed by atoms with E-state index in [2.05, 4.69) is 10.3 Å². The number of anilines is 1. The van der Waals surface area contributed by atoms with E-state index in [4.69, 9.17) is 4.74 Å². The van der Waals surface area contributed by atoms with Crippen molar-refractivity contribution in [2.75, 3.05) is 31.6 Å². The second kappa shape index (κ2) is 17.0. The van der Waals surface area contributed by atoms with Crippen LogP contribution in [0.5, 0.6) is 0 Å². The molecule has 1 saturated heterocycles. The van der Waals surface area contributed by atoms with Crippen molar-refractivity contribution in [2.45, 2.75) is 92.0 Å². The Morgan fingerprint density at radius 1 is 0.850 bits per heavy atom. The zero-order valence-electron chi connectivity index (χ0n) is 30.6. The van der Waals surface area contributed by atoms with Crippen LogP contribution in [0, 0.1) is 20.8 Å². The second-order valence-corrected chi connectivity index (χ2v) is 15.0. The topological polar surface area (TPSA) is 167 Å². The lowest BCUT2D eigenvalue weighted by molar-refractivity contribution is -0.449. The minimum absolute atomic E-state index is 0.124. The van der Waals surface area contributed by atoms with Crippen molar-refractivity contribution >= 4 is 33.6 Å². The molecule has 2 aromatic rings. The summed E-state index contributed by atoms with van der Waals surface area (Å²) in [7, 11) is -4.54. The fraction of sp³-hybridized carbons (Fsp3) is 0.562. The fourth-order valence-corrected chi connectivity index (χ4v) is 7.53. The lowest BCUT2D eigenvalue weighted by Crippen LogP contribution is -2.74. The van der Waals surface area contributed by atoms with E-state index in [9.17, 15) is 85.0 Å². The van der Waals surface area contributed by atoms with Crippen molar-refractivity contribution in [3.05, 3.63) is 53.2 Å². The van der Waals surface area contributed by atoms with Crippen molar-refractivity contribution < 1.29 is 98.5 Å². The molecular formula is C32H32F15N5O7S. The average Bonchev–Trinajstić information content (AvgIpc) is 3.52.